The van der Waals surface area contributed by atoms with E-state index in [-0.39, 0.29) is 0 Å². The third-order valence-electron chi connectivity index (χ3n) is 3.81. The summed E-state index contributed by atoms with van der Waals surface area (Å²) in [6.45, 7) is 4.48. The molecule has 0 fully saturated rings. The molecular weight excluding hydrogens is 305 g/mol. The monoisotopic (exact) mass is 330 g/mol. The van der Waals surface area contributed by atoms with Crippen LogP contribution in [0.15, 0.2) is 36.1 Å². The molecule has 3 nitrogen and oxygen atoms in total. The van der Waals surface area contributed by atoms with E-state index in [1.54, 1.807) is 6.08 Å². The number of hydrogen-bond acceptors (Lipinski definition) is 2. The van der Waals surface area contributed by atoms with E-state index in [1.165, 1.54) is 12.2 Å². The van der Waals surface area contributed by atoms with Crippen LogP contribution in [0.4, 0.5) is 13.2 Å². The lowest BCUT2D eigenvalue weighted by molar-refractivity contribution is -0.148. The van der Waals surface area contributed by atoms with E-state index in [0.717, 1.165) is 37.8 Å². The minimum absolute atomic E-state index is 0.405. The van der Waals surface area contributed by atoms with E-state index < -0.39 is 17.6 Å². The Labute approximate surface area is 135 Å². The molecule has 2 unspecified atom stereocenters. The van der Waals surface area contributed by atoms with Gasteiger partial charge in [0.25, 0.3) is 0 Å². The van der Waals surface area contributed by atoms with Crippen LogP contribution in [0.2, 0.25) is 0 Å². The quantitative estimate of drug-likeness (QED) is 0.498. The zero-order valence-electron chi connectivity index (χ0n) is 13.6. The second-order valence-electron chi connectivity index (χ2n) is 6.07. The molecule has 1 amide bonds. The van der Waals surface area contributed by atoms with Gasteiger partial charge in [-0.05, 0) is 25.5 Å². The summed E-state index contributed by atoms with van der Waals surface area (Å²) in [5.41, 5.74) is 0.206. The Kier molecular flexibility index (Phi) is 7.39. The fourth-order valence-electron chi connectivity index (χ4n) is 2.48. The number of nitrogens with one attached hydrogen (secondary N) is 2. The topological polar surface area (TPSA) is 41.1 Å². The predicted octanol–water partition coefficient (Wildman–Crippen LogP) is 3.85. The maximum absolute atomic E-state index is 12.8. The average Bonchev–Trinajstić information content (AvgIpc) is 2.71. The molecule has 2 atom stereocenters. The lowest BCUT2D eigenvalue weighted by Crippen LogP contribution is -2.49. The second kappa shape index (κ2) is 8.79. The van der Waals surface area contributed by atoms with Crippen molar-refractivity contribution in [1.82, 2.24) is 10.6 Å². The lowest BCUT2D eigenvalue weighted by Gasteiger charge is -2.32. The summed E-state index contributed by atoms with van der Waals surface area (Å²) in [6, 6.07) is 0. The van der Waals surface area contributed by atoms with Crippen LogP contribution in [0.25, 0.3) is 0 Å². The van der Waals surface area contributed by atoms with Crippen LogP contribution >= 0.6 is 0 Å². The maximum Gasteiger partial charge on any atom is 0.398 e. The van der Waals surface area contributed by atoms with E-state index in [0.29, 0.717) is 18.7 Å². The highest BCUT2D eigenvalue weighted by Gasteiger charge is 2.36. The molecule has 0 radical (unpaired) electrons. The van der Waals surface area contributed by atoms with Gasteiger partial charge in [0.15, 0.2) is 0 Å². The first-order valence-corrected chi connectivity index (χ1v) is 7.89. The molecule has 0 aliphatic heterocycles. The molecule has 1 aliphatic rings. The molecule has 0 aromatic rings. The van der Waals surface area contributed by atoms with Crippen molar-refractivity contribution in [3.63, 3.8) is 0 Å². The van der Waals surface area contributed by atoms with Crippen LogP contribution in [0, 0.1) is 5.92 Å². The van der Waals surface area contributed by atoms with Crippen molar-refractivity contribution in [3.05, 3.63) is 36.1 Å². The number of unbranched alkanes of at least 4 members (excludes halogenated alkanes) is 2. The number of carbonyl (C=O) groups excluding carboxylic acids is 1. The average molecular weight is 330 g/mol. The van der Waals surface area contributed by atoms with Gasteiger partial charge in [-0.15, -0.1) is 0 Å². The molecule has 23 heavy (non-hydrogen) atoms. The summed E-state index contributed by atoms with van der Waals surface area (Å²) < 4.78 is 38.3. The van der Waals surface area contributed by atoms with Crippen molar-refractivity contribution in [2.24, 2.45) is 5.92 Å². The molecule has 2 N–H and O–H groups in total. The molecule has 0 aromatic heterocycles. The number of hydrogen-bond donors (Lipinski definition) is 2. The summed E-state index contributed by atoms with van der Waals surface area (Å²) in [4.78, 5) is 10.6. The lowest BCUT2D eigenvalue weighted by atomic mass is 9.93. The third kappa shape index (κ3) is 6.93. The minimum Gasteiger partial charge on any atom is -0.378 e. The number of alkyl halides is 3. The van der Waals surface area contributed by atoms with Gasteiger partial charge in [-0.2, -0.15) is 13.2 Å². The highest BCUT2D eigenvalue weighted by atomic mass is 19.4. The number of rotatable bonds is 9. The highest BCUT2D eigenvalue weighted by Crippen LogP contribution is 2.30. The number of allylic oxidation sites excluding steroid dienone is 5. The van der Waals surface area contributed by atoms with Crippen molar-refractivity contribution in [2.45, 2.75) is 51.2 Å². The Morgan fingerprint density at radius 2 is 2.00 bits per heavy atom. The second-order valence-corrected chi connectivity index (χ2v) is 6.07. The van der Waals surface area contributed by atoms with Crippen LogP contribution < -0.4 is 10.6 Å². The Balaban J connectivity index is 2.77. The molecule has 0 aromatic carbocycles. The minimum atomic E-state index is -4.28. The van der Waals surface area contributed by atoms with E-state index in [9.17, 15) is 18.0 Å². The molecule has 6 heteroatoms. The van der Waals surface area contributed by atoms with Crippen molar-refractivity contribution in [2.75, 3.05) is 6.54 Å². The first kappa shape index (κ1) is 19.3. The normalized spacial score (nSPS) is 20.4. The molecule has 1 aliphatic carbocycles. The summed E-state index contributed by atoms with van der Waals surface area (Å²) in [6.07, 6.45) is 7.08. The molecule has 0 saturated heterocycles. The molecule has 0 bridgehead atoms. The Morgan fingerprint density at radius 1 is 1.26 bits per heavy atom. The van der Waals surface area contributed by atoms with Gasteiger partial charge in [-0.1, -0.05) is 44.4 Å². The van der Waals surface area contributed by atoms with E-state index >= 15 is 0 Å². The zero-order valence-corrected chi connectivity index (χ0v) is 13.6. The van der Waals surface area contributed by atoms with Gasteiger partial charge < -0.3 is 10.6 Å². The summed E-state index contributed by atoms with van der Waals surface area (Å²) in [5.74, 6) is -1.57. The number of carbonyl (C=O) groups is 1. The molecule has 0 heterocycles. The third-order valence-corrected chi connectivity index (χ3v) is 3.81. The number of amides is 1. The largest absolute Gasteiger partial charge is 0.398 e. The fourth-order valence-corrected chi connectivity index (χ4v) is 2.48. The summed E-state index contributed by atoms with van der Waals surface area (Å²) in [5, 5.41) is 5.93. The van der Waals surface area contributed by atoms with Gasteiger partial charge in [-0.25, -0.2) is 0 Å². The predicted molar refractivity (Wildman–Crippen MR) is 85.7 cm³/mol. The van der Waals surface area contributed by atoms with Gasteiger partial charge in [0.05, 0.1) is 11.5 Å². The first-order chi connectivity index (χ1) is 10.8. The number of halogens is 3. The van der Waals surface area contributed by atoms with Crippen LogP contribution in [0.5, 0.6) is 0 Å². The first-order valence-electron chi connectivity index (χ1n) is 7.89. The van der Waals surface area contributed by atoms with Crippen LogP contribution in [0.1, 0.15) is 39.5 Å². The molecule has 1 rings (SSSR count). The SMILES string of the molecule is CCCCCC(C)(CNC=O)NC1=CC=CC(C(F)(F)F)C=C1. The van der Waals surface area contributed by atoms with Crippen LogP contribution in [-0.2, 0) is 4.79 Å². The Hall–Kier alpha value is -1.72. The van der Waals surface area contributed by atoms with Crippen LogP contribution in [-0.4, -0.2) is 24.7 Å². The Morgan fingerprint density at radius 3 is 2.61 bits per heavy atom. The van der Waals surface area contributed by atoms with E-state index in [1.807, 2.05) is 6.92 Å². The molecule has 0 saturated carbocycles. The highest BCUT2D eigenvalue weighted by molar-refractivity contribution is 5.46. The van der Waals surface area contributed by atoms with Crippen LogP contribution in [0.3, 0.4) is 0 Å². The van der Waals surface area contributed by atoms with Crippen molar-refractivity contribution in [1.29, 1.82) is 0 Å². The van der Waals surface area contributed by atoms with Gasteiger partial charge in [-0.3, -0.25) is 4.79 Å². The van der Waals surface area contributed by atoms with E-state index in [4.69, 9.17) is 0 Å². The standard InChI is InChI=1S/C17H25F3N2O/c1-3-4-5-11-16(2,12-21-13-23)22-15-8-6-7-14(9-10-15)17(18,19)20/h6-10,13-14,22H,3-5,11-12H2,1-2H3,(H,21,23). The van der Waals surface area contributed by atoms with Crippen molar-refractivity contribution >= 4 is 6.41 Å². The van der Waals surface area contributed by atoms with Crippen molar-refractivity contribution in [3.8, 4) is 0 Å². The summed E-state index contributed by atoms with van der Waals surface area (Å²) >= 11 is 0. The zero-order chi connectivity index (χ0) is 17.3. The molecule has 0 spiro atoms. The van der Waals surface area contributed by atoms with Gasteiger partial charge in [0, 0.05) is 12.2 Å². The molecular formula is C17H25F3N2O. The van der Waals surface area contributed by atoms with Crippen molar-refractivity contribution < 1.29 is 18.0 Å². The Bertz CT molecular complexity index is 469. The van der Waals surface area contributed by atoms with Gasteiger partial charge >= 0.3 is 6.18 Å². The fraction of sp³-hybridized carbons (Fsp3) is 0.588. The van der Waals surface area contributed by atoms with E-state index in [2.05, 4.69) is 17.6 Å². The summed E-state index contributed by atoms with van der Waals surface area (Å²) in [7, 11) is 0. The maximum atomic E-state index is 12.8. The van der Waals surface area contributed by atoms with Gasteiger partial charge in [0.2, 0.25) is 6.41 Å². The molecule has 130 valence electrons. The van der Waals surface area contributed by atoms with Gasteiger partial charge in [0.1, 0.15) is 0 Å². The smallest absolute Gasteiger partial charge is 0.378 e.